The van der Waals surface area contributed by atoms with Crippen molar-refractivity contribution in [1.82, 2.24) is 20.4 Å². The molecule has 1 aliphatic rings. The molecule has 2 heterocycles. The second-order valence-electron chi connectivity index (χ2n) is 7.96. The lowest BCUT2D eigenvalue weighted by molar-refractivity contribution is -0.131. The molecule has 0 saturated heterocycles. The van der Waals surface area contributed by atoms with Gasteiger partial charge in [0, 0.05) is 31.2 Å². The van der Waals surface area contributed by atoms with Crippen LogP contribution in [0.1, 0.15) is 68.5 Å². The Morgan fingerprint density at radius 3 is 2.68 bits per heavy atom. The summed E-state index contributed by atoms with van der Waals surface area (Å²) in [6.07, 6.45) is 8.17. The molecule has 0 radical (unpaired) electrons. The second-order valence-corrected chi connectivity index (χ2v) is 9.76. The van der Waals surface area contributed by atoms with Crippen molar-refractivity contribution in [3.8, 4) is 0 Å². The molecule has 0 unspecified atom stereocenters. The van der Waals surface area contributed by atoms with Crippen molar-refractivity contribution in [1.29, 1.82) is 0 Å². The van der Waals surface area contributed by atoms with Gasteiger partial charge in [-0.25, -0.2) is 0 Å². The smallest absolute Gasteiger partial charge is 0.227 e. The number of halogens is 1. The first-order valence-corrected chi connectivity index (χ1v) is 11.9. The van der Waals surface area contributed by atoms with Gasteiger partial charge in [-0.15, -0.1) is 17.9 Å². The molecule has 2 aromatic heterocycles. The van der Waals surface area contributed by atoms with Crippen LogP contribution in [0.3, 0.4) is 0 Å². The Morgan fingerprint density at radius 2 is 2.06 bits per heavy atom. The van der Waals surface area contributed by atoms with E-state index in [0.717, 1.165) is 43.4 Å². The molecule has 2 amide bonds. The predicted octanol–water partition coefficient (Wildman–Crippen LogP) is 4.62. The number of hydrogen-bond acceptors (Lipinski definition) is 6. The molecule has 3 rings (SSSR count). The van der Waals surface area contributed by atoms with Crippen LogP contribution in [0.5, 0.6) is 0 Å². The largest absolute Gasteiger partial charge is 0.343 e. The molecule has 1 aliphatic carbocycles. The lowest BCUT2D eigenvalue weighted by Gasteiger charge is -2.30. The van der Waals surface area contributed by atoms with Gasteiger partial charge in [-0.1, -0.05) is 48.5 Å². The van der Waals surface area contributed by atoms with Gasteiger partial charge in [0.2, 0.25) is 17.7 Å². The zero-order valence-electron chi connectivity index (χ0n) is 17.9. The molecule has 0 atom stereocenters. The maximum atomic E-state index is 12.8. The van der Waals surface area contributed by atoms with Crippen LogP contribution in [0.2, 0.25) is 4.34 Å². The molecule has 9 heteroatoms. The van der Waals surface area contributed by atoms with Gasteiger partial charge in [0.25, 0.3) is 0 Å². The van der Waals surface area contributed by atoms with Crippen LogP contribution in [-0.4, -0.2) is 33.4 Å². The van der Waals surface area contributed by atoms with Crippen molar-refractivity contribution < 1.29 is 14.1 Å². The second kappa shape index (κ2) is 10.9. The summed E-state index contributed by atoms with van der Waals surface area (Å²) in [6, 6.07) is 3.76. The average Bonchev–Trinajstić information content (AvgIpc) is 3.30. The Balaban J connectivity index is 1.65. The summed E-state index contributed by atoms with van der Waals surface area (Å²) >= 11 is 7.46. The van der Waals surface area contributed by atoms with Crippen LogP contribution in [0.15, 0.2) is 29.3 Å². The van der Waals surface area contributed by atoms with Gasteiger partial charge in [0.05, 0.1) is 10.9 Å². The fourth-order valence-electron chi connectivity index (χ4n) is 4.03. The van der Waals surface area contributed by atoms with E-state index < -0.39 is 5.54 Å². The zero-order chi connectivity index (χ0) is 22.3. The number of rotatable bonds is 9. The van der Waals surface area contributed by atoms with E-state index in [2.05, 4.69) is 22.0 Å². The Kier molecular flexibility index (Phi) is 8.26. The van der Waals surface area contributed by atoms with Crippen molar-refractivity contribution >= 4 is 34.8 Å². The summed E-state index contributed by atoms with van der Waals surface area (Å²) < 4.78 is 6.16. The van der Waals surface area contributed by atoms with Gasteiger partial charge in [-0.3, -0.25) is 9.59 Å². The number of nitrogens with one attached hydrogen (secondary N) is 1. The molecule has 1 fully saturated rings. The molecule has 0 bridgehead atoms. The van der Waals surface area contributed by atoms with Gasteiger partial charge in [-0.2, -0.15) is 4.98 Å². The monoisotopic (exact) mass is 464 g/mol. The third-order valence-corrected chi connectivity index (χ3v) is 6.71. The molecule has 0 spiro atoms. The maximum Gasteiger partial charge on any atom is 0.227 e. The first kappa shape index (κ1) is 23.5. The first-order chi connectivity index (χ1) is 14.9. The third-order valence-electron chi connectivity index (χ3n) is 5.50. The summed E-state index contributed by atoms with van der Waals surface area (Å²) in [5.41, 5.74) is -0.582. The van der Waals surface area contributed by atoms with E-state index in [-0.39, 0.29) is 18.2 Å². The van der Waals surface area contributed by atoms with E-state index in [4.69, 9.17) is 16.1 Å². The van der Waals surface area contributed by atoms with Gasteiger partial charge in [0.1, 0.15) is 5.54 Å². The summed E-state index contributed by atoms with van der Waals surface area (Å²) in [6.45, 7) is 6.21. The highest BCUT2D eigenvalue weighted by molar-refractivity contribution is 7.16. The lowest BCUT2D eigenvalue weighted by Crippen LogP contribution is -2.45. The predicted molar refractivity (Wildman–Crippen MR) is 121 cm³/mol. The molecule has 0 aromatic carbocycles. The van der Waals surface area contributed by atoms with Gasteiger partial charge in [0.15, 0.2) is 5.82 Å². The SMILES string of the molecule is C=CCN(Cc1ccc(Cl)s1)C(=O)CCc1nc(C2(NC(C)=O)CCCCCC2)no1. The number of nitrogens with zero attached hydrogens (tertiary/aromatic N) is 3. The molecule has 31 heavy (non-hydrogen) atoms. The highest BCUT2D eigenvalue weighted by Gasteiger charge is 2.38. The number of aryl methyl sites for hydroxylation is 1. The molecular formula is C22H29ClN4O3S. The number of carbonyl (C=O) groups is 2. The van der Waals surface area contributed by atoms with E-state index in [0.29, 0.717) is 35.6 Å². The van der Waals surface area contributed by atoms with Crippen LogP contribution in [-0.2, 0) is 28.1 Å². The van der Waals surface area contributed by atoms with E-state index in [1.165, 1.54) is 18.3 Å². The van der Waals surface area contributed by atoms with Gasteiger partial charge >= 0.3 is 0 Å². The minimum atomic E-state index is -0.582. The highest BCUT2D eigenvalue weighted by Crippen LogP contribution is 2.34. The molecule has 2 aromatic rings. The lowest BCUT2D eigenvalue weighted by atomic mass is 9.89. The van der Waals surface area contributed by atoms with Crippen LogP contribution in [0, 0.1) is 0 Å². The number of aromatic nitrogens is 2. The van der Waals surface area contributed by atoms with Crippen molar-refractivity contribution in [2.75, 3.05) is 6.54 Å². The standard InChI is InChI=1S/C22H29ClN4O3S/c1-3-14-27(15-17-8-9-18(23)31-17)20(29)11-10-19-24-21(26-30-19)22(25-16(2)28)12-6-4-5-7-13-22/h3,8-9H,1,4-7,10-15H2,2H3,(H,25,28). The quantitative estimate of drug-likeness (QED) is 0.432. The van der Waals surface area contributed by atoms with E-state index >= 15 is 0 Å². The van der Waals surface area contributed by atoms with Crippen molar-refractivity contribution in [3.05, 3.63) is 45.7 Å². The summed E-state index contributed by atoms with van der Waals surface area (Å²) in [5.74, 6) is 0.811. The minimum absolute atomic E-state index is 0.0183. The Morgan fingerprint density at radius 1 is 1.32 bits per heavy atom. The van der Waals surface area contributed by atoms with E-state index in [9.17, 15) is 9.59 Å². The summed E-state index contributed by atoms with van der Waals surface area (Å²) in [4.78, 5) is 32.0. The van der Waals surface area contributed by atoms with Gasteiger partial charge < -0.3 is 14.7 Å². The van der Waals surface area contributed by atoms with Crippen LogP contribution in [0.4, 0.5) is 0 Å². The number of carbonyl (C=O) groups excluding carboxylic acids is 2. The molecule has 1 N–H and O–H groups in total. The molecule has 0 aliphatic heterocycles. The summed E-state index contributed by atoms with van der Waals surface area (Å²) in [7, 11) is 0. The van der Waals surface area contributed by atoms with Crippen LogP contribution in [0.25, 0.3) is 0 Å². The molecule has 7 nitrogen and oxygen atoms in total. The van der Waals surface area contributed by atoms with Crippen LogP contribution < -0.4 is 5.32 Å². The average molecular weight is 465 g/mol. The van der Waals surface area contributed by atoms with E-state index in [1.807, 2.05) is 12.1 Å². The summed E-state index contributed by atoms with van der Waals surface area (Å²) in [5, 5.41) is 7.26. The van der Waals surface area contributed by atoms with Crippen molar-refractivity contribution in [2.24, 2.45) is 0 Å². The third kappa shape index (κ3) is 6.40. The Bertz CT molecular complexity index is 902. The normalized spacial score (nSPS) is 15.8. The van der Waals surface area contributed by atoms with Crippen molar-refractivity contribution in [2.45, 2.75) is 70.4 Å². The van der Waals surface area contributed by atoms with Crippen molar-refractivity contribution in [3.63, 3.8) is 0 Å². The minimum Gasteiger partial charge on any atom is -0.343 e. The number of hydrogen-bond donors (Lipinski definition) is 1. The Hall–Kier alpha value is -2.19. The number of amides is 2. The zero-order valence-corrected chi connectivity index (χ0v) is 19.4. The maximum absolute atomic E-state index is 12.8. The fourth-order valence-corrected chi connectivity index (χ4v) is 5.13. The number of thiophene rings is 1. The molecular weight excluding hydrogens is 436 g/mol. The highest BCUT2D eigenvalue weighted by atomic mass is 35.5. The molecule has 1 saturated carbocycles. The van der Waals surface area contributed by atoms with Gasteiger partial charge in [-0.05, 0) is 25.0 Å². The first-order valence-electron chi connectivity index (χ1n) is 10.7. The van der Waals surface area contributed by atoms with Crippen LogP contribution >= 0.6 is 22.9 Å². The topological polar surface area (TPSA) is 88.3 Å². The Labute approximate surface area is 191 Å². The fraction of sp³-hybridized carbons (Fsp3) is 0.545. The molecule has 168 valence electrons. The van der Waals surface area contributed by atoms with E-state index in [1.54, 1.807) is 11.0 Å².